The van der Waals surface area contributed by atoms with Crippen molar-refractivity contribution in [2.24, 2.45) is 5.92 Å². The van der Waals surface area contributed by atoms with Crippen LogP contribution < -0.4 is 9.62 Å². The summed E-state index contributed by atoms with van der Waals surface area (Å²) in [5.41, 5.74) is -0.196. The molecule has 2 N–H and O–H groups in total. The van der Waals surface area contributed by atoms with Crippen molar-refractivity contribution in [2.45, 2.75) is 32.1 Å². The van der Waals surface area contributed by atoms with Crippen LogP contribution in [0, 0.1) is 17.6 Å². The Morgan fingerprint density at radius 2 is 2.00 bits per heavy atom. The van der Waals surface area contributed by atoms with Crippen LogP contribution in [0.25, 0.3) is 0 Å². The van der Waals surface area contributed by atoms with E-state index in [0.717, 1.165) is 42.1 Å². The SMILES string of the molecule is O=C(NCC1CCCCC1)N(S)c1ccc(F)c(F)c1O. The van der Waals surface area contributed by atoms with E-state index in [1.807, 2.05) is 0 Å². The zero-order valence-electron chi connectivity index (χ0n) is 11.5. The number of phenols is 1. The van der Waals surface area contributed by atoms with Crippen LogP contribution in [0.1, 0.15) is 32.1 Å². The van der Waals surface area contributed by atoms with Gasteiger partial charge in [-0.1, -0.05) is 32.1 Å². The van der Waals surface area contributed by atoms with Crippen LogP contribution in [-0.4, -0.2) is 17.7 Å². The number of hydrogen-bond acceptors (Lipinski definition) is 3. The molecule has 0 saturated heterocycles. The maximum Gasteiger partial charge on any atom is 0.332 e. The number of carbonyl (C=O) groups excluding carboxylic acids is 1. The van der Waals surface area contributed by atoms with Gasteiger partial charge in [-0.3, -0.25) is 0 Å². The van der Waals surface area contributed by atoms with Gasteiger partial charge in [-0.05, 0) is 30.9 Å². The number of aromatic hydroxyl groups is 1. The minimum atomic E-state index is -1.40. The molecule has 0 heterocycles. The van der Waals surface area contributed by atoms with Crippen molar-refractivity contribution < 1.29 is 18.7 Å². The molecule has 0 radical (unpaired) electrons. The second-order valence-electron chi connectivity index (χ2n) is 5.23. The number of phenolic OH excluding ortho intramolecular Hbond substituents is 1. The summed E-state index contributed by atoms with van der Waals surface area (Å²) in [7, 11) is 0. The van der Waals surface area contributed by atoms with Gasteiger partial charge in [0.05, 0.1) is 0 Å². The predicted octanol–water partition coefficient (Wildman–Crippen LogP) is 3.61. The first-order chi connectivity index (χ1) is 10.0. The Bertz CT molecular complexity index is 522. The third kappa shape index (κ3) is 3.78. The topological polar surface area (TPSA) is 52.6 Å². The van der Waals surface area contributed by atoms with Gasteiger partial charge in [-0.25, -0.2) is 13.5 Å². The van der Waals surface area contributed by atoms with Gasteiger partial charge >= 0.3 is 6.03 Å². The highest BCUT2D eigenvalue weighted by molar-refractivity contribution is 7.82. The van der Waals surface area contributed by atoms with Crippen molar-refractivity contribution in [2.75, 3.05) is 10.8 Å². The summed E-state index contributed by atoms with van der Waals surface area (Å²) < 4.78 is 27.0. The van der Waals surface area contributed by atoms with Gasteiger partial charge in [0.2, 0.25) is 5.82 Å². The molecule has 7 heteroatoms. The summed E-state index contributed by atoms with van der Waals surface area (Å²) in [5.74, 6) is -3.08. The molecule has 2 amide bonds. The molecule has 0 bridgehead atoms. The summed E-state index contributed by atoms with van der Waals surface area (Å²) in [6.07, 6.45) is 5.70. The smallest absolute Gasteiger partial charge is 0.332 e. The highest BCUT2D eigenvalue weighted by atomic mass is 32.1. The molecule has 0 spiro atoms. The van der Waals surface area contributed by atoms with Crippen LogP contribution >= 0.6 is 12.8 Å². The third-order valence-corrected chi connectivity index (χ3v) is 4.13. The number of hydrogen-bond donors (Lipinski definition) is 3. The van der Waals surface area contributed by atoms with Gasteiger partial charge in [0.1, 0.15) is 5.69 Å². The molecule has 1 aliphatic carbocycles. The van der Waals surface area contributed by atoms with Crippen molar-refractivity contribution >= 4 is 24.5 Å². The lowest BCUT2D eigenvalue weighted by Gasteiger charge is -2.23. The van der Waals surface area contributed by atoms with E-state index in [1.165, 1.54) is 6.42 Å². The van der Waals surface area contributed by atoms with Crippen LogP contribution in [0.5, 0.6) is 5.75 Å². The number of rotatable bonds is 3. The highest BCUT2D eigenvalue weighted by Crippen LogP contribution is 2.32. The van der Waals surface area contributed by atoms with Crippen molar-refractivity contribution in [3.8, 4) is 5.75 Å². The van der Waals surface area contributed by atoms with Gasteiger partial charge < -0.3 is 10.4 Å². The monoisotopic (exact) mass is 316 g/mol. The minimum absolute atomic E-state index is 0.196. The molecule has 0 aromatic heterocycles. The molecular weight excluding hydrogens is 298 g/mol. The molecule has 4 nitrogen and oxygen atoms in total. The first-order valence-electron chi connectivity index (χ1n) is 6.94. The molecule has 1 fully saturated rings. The molecule has 0 atom stereocenters. The summed E-state index contributed by atoms with van der Waals surface area (Å²) in [6, 6.07) is 1.35. The maximum atomic E-state index is 13.3. The van der Waals surface area contributed by atoms with Crippen LogP contribution in [0.2, 0.25) is 0 Å². The number of anilines is 1. The largest absolute Gasteiger partial charge is 0.503 e. The van der Waals surface area contributed by atoms with Crippen molar-refractivity contribution in [3.05, 3.63) is 23.8 Å². The van der Waals surface area contributed by atoms with Crippen LogP contribution in [0.4, 0.5) is 19.3 Å². The van der Waals surface area contributed by atoms with Gasteiger partial charge in [-0.15, -0.1) is 0 Å². The Balaban J connectivity index is 1.97. The molecule has 2 rings (SSSR count). The maximum absolute atomic E-state index is 13.3. The van der Waals surface area contributed by atoms with E-state index in [0.29, 0.717) is 12.5 Å². The van der Waals surface area contributed by atoms with E-state index < -0.39 is 23.4 Å². The van der Waals surface area contributed by atoms with E-state index >= 15 is 0 Å². The number of halogens is 2. The number of amides is 2. The normalized spacial score (nSPS) is 15.8. The predicted molar refractivity (Wildman–Crippen MR) is 79.5 cm³/mol. The second kappa shape index (κ2) is 6.98. The van der Waals surface area contributed by atoms with E-state index in [1.54, 1.807) is 0 Å². The van der Waals surface area contributed by atoms with Gasteiger partial charge in [-0.2, -0.15) is 4.39 Å². The number of benzene rings is 1. The fraction of sp³-hybridized carbons (Fsp3) is 0.500. The Morgan fingerprint density at radius 1 is 1.33 bits per heavy atom. The highest BCUT2D eigenvalue weighted by Gasteiger charge is 2.21. The minimum Gasteiger partial charge on any atom is -0.503 e. The first kappa shape index (κ1) is 15.9. The molecule has 1 aromatic carbocycles. The molecular formula is C14H18F2N2O2S. The standard InChI is InChI=1S/C14H18F2N2O2S/c15-10-6-7-11(13(19)12(10)16)18(21)14(20)17-8-9-4-2-1-3-5-9/h6-7,9,19,21H,1-5,8H2,(H,17,20). The second-order valence-corrected chi connectivity index (χ2v) is 5.63. The lowest BCUT2D eigenvalue weighted by Crippen LogP contribution is -2.37. The van der Waals surface area contributed by atoms with E-state index in [-0.39, 0.29) is 5.69 Å². The number of nitrogens with one attached hydrogen (secondary N) is 1. The summed E-state index contributed by atoms with van der Waals surface area (Å²) in [4.78, 5) is 11.9. The quantitative estimate of drug-likeness (QED) is 0.746. The first-order valence-corrected chi connectivity index (χ1v) is 7.34. The van der Waals surface area contributed by atoms with E-state index in [2.05, 4.69) is 18.1 Å². The third-order valence-electron chi connectivity index (χ3n) is 3.74. The fourth-order valence-corrected chi connectivity index (χ4v) is 2.74. The Morgan fingerprint density at radius 3 is 2.67 bits per heavy atom. The summed E-state index contributed by atoms with van der Waals surface area (Å²) in [6.45, 7) is 0.514. The van der Waals surface area contributed by atoms with Gasteiger partial charge in [0, 0.05) is 6.54 Å². The van der Waals surface area contributed by atoms with E-state index in [9.17, 15) is 18.7 Å². The van der Waals surface area contributed by atoms with Crippen LogP contribution in [-0.2, 0) is 0 Å². The van der Waals surface area contributed by atoms with Crippen molar-refractivity contribution in [3.63, 3.8) is 0 Å². The van der Waals surface area contributed by atoms with Crippen molar-refractivity contribution in [1.29, 1.82) is 0 Å². The Labute approximate surface area is 127 Å². The number of urea groups is 1. The lowest BCUT2D eigenvalue weighted by molar-refractivity contribution is 0.245. The number of thiol groups is 1. The van der Waals surface area contributed by atoms with Gasteiger partial charge in [0.15, 0.2) is 11.6 Å². The van der Waals surface area contributed by atoms with E-state index in [4.69, 9.17) is 0 Å². The molecule has 1 aliphatic rings. The average molecular weight is 316 g/mol. The fourth-order valence-electron chi connectivity index (χ4n) is 2.51. The molecule has 116 valence electrons. The zero-order chi connectivity index (χ0) is 15.4. The number of carbonyl (C=O) groups is 1. The molecule has 1 aromatic rings. The number of nitrogens with zero attached hydrogens (tertiary/aromatic N) is 1. The summed E-state index contributed by atoms with van der Waals surface area (Å²) in [5, 5.41) is 12.2. The van der Waals surface area contributed by atoms with Crippen LogP contribution in [0.15, 0.2) is 12.1 Å². The molecule has 1 saturated carbocycles. The Kier molecular flexibility index (Phi) is 5.27. The molecule has 0 unspecified atom stereocenters. The van der Waals surface area contributed by atoms with Crippen molar-refractivity contribution in [1.82, 2.24) is 5.32 Å². The summed E-state index contributed by atoms with van der Waals surface area (Å²) >= 11 is 3.94. The average Bonchev–Trinajstić information content (AvgIpc) is 2.51. The van der Waals surface area contributed by atoms with Crippen LogP contribution in [0.3, 0.4) is 0 Å². The Hall–Kier alpha value is -1.50. The van der Waals surface area contributed by atoms with Gasteiger partial charge in [0.25, 0.3) is 0 Å². The molecule has 21 heavy (non-hydrogen) atoms. The molecule has 0 aliphatic heterocycles. The zero-order valence-corrected chi connectivity index (χ0v) is 12.4. The lowest BCUT2D eigenvalue weighted by atomic mass is 9.89.